The Morgan fingerprint density at radius 3 is 2.38 bits per heavy atom. The molecule has 1 aliphatic carbocycles. The van der Waals surface area contributed by atoms with Crippen LogP contribution in [0.1, 0.15) is 106 Å². The van der Waals surface area contributed by atoms with E-state index in [1.54, 1.807) is 6.08 Å². The number of carboxylic acids is 1. The summed E-state index contributed by atoms with van der Waals surface area (Å²) in [4.78, 5) is 35.5. The zero-order valence-corrected chi connectivity index (χ0v) is 19.7. The first-order chi connectivity index (χ1) is 15.5. The van der Waals surface area contributed by atoms with Crippen molar-refractivity contribution < 1.29 is 19.5 Å². The Bertz CT molecular complexity index is 747. The van der Waals surface area contributed by atoms with E-state index in [0.29, 0.717) is 24.2 Å². The zero-order valence-electron chi connectivity index (χ0n) is 19.7. The van der Waals surface area contributed by atoms with Crippen LogP contribution in [0.3, 0.4) is 0 Å². The predicted octanol–water partition coefficient (Wildman–Crippen LogP) is 6.96. The molecule has 1 aliphatic rings. The lowest BCUT2D eigenvalue weighted by Gasteiger charge is -2.14. The molecule has 2 rings (SSSR count). The summed E-state index contributed by atoms with van der Waals surface area (Å²) in [7, 11) is 0. The molecule has 0 radical (unpaired) electrons. The first-order valence-corrected chi connectivity index (χ1v) is 12.6. The van der Waals surface area contributed by atoms with Crippen LogP contribution in [0, 0.1) is 11.8 Å². The standard InChI is InChI=1S/C28H40O4/c1-2-3-4-5-8-11-22-14-16-24(17-15-22)26(29)20-18-23-19-21-27(30)25(23)12-9-6-7-10-13-28(31)32/h14-18,20,23,25H,2-13,19,21H2,1H3,(H,31,32)/b20-18-. The molecule has 2 atom stereocenters. The first kappa shape index (κ1) is 26.0. The molecule has 0 bridgehead atoms. The summed E-state index contributed by atoms with van der Waals surface area (Å²) in [6.07, 6.45) is 17.0. The van der Waals surface area contributed by atoms with Gasteiger partial charge in [0, 0.05) is 24.3 Å². The quantitative estimate of drug-likeness (QED) is 0.171. The van der Waals surface area contributed by atoms with E-state index in [1.165, 1.54) is 37.7 Å². The van der Waals surface area contributed by atoms with Crippen LogP contribution < -0.4 is 0 Å². The van der Waals surface area contributed by atoms with Crippen molar-refractivity contribution in [3.05, 3.63) is 47.5 Å². The maximum atomic E-state index is 12.6. The second kappa shape index (κ2) is 14.8. The van der Waals surface area contributed by atoms with E-state index in [1.807, 2.05) is 18.2 Å². The molecule has 1 aromatic rings. The van der Waals surface area contributed by atoms with Gasteiger partial charge >= 0.3 is 5.97 Å². The van der Waals surface area contributed by atoms with Gasteiger partial charge in [0.2, 0.25) is 0 Å². The fourth-order valence-electron chi connectivity index (χ4n) is 4.61. The van der Waals surface area contributed by atoms with Crippen LogP contribution in [0.4, 0.5) is 0 Å². The van der Waals surface area contributed by atoms with Crippen molar-refractivity contribution in [2.45, 2.75) is 96.8 Å². The molecule has 0 aliphatic heterocycles. The lowest BCUT2D eigenvalue weighted by atomic mass is 9.89. The third kappa shape index (κ3) is 9.50. The molecule has 0 saturated heterocycles. The number of unbranched alkanes of at least 4 members (excludes halogenated alkanes) is 7. The van der Waals surface area contributed by atoms with Gasteiger partial charge < -0.3 is 5.11 Å². The van der Waals surface area contributed by atoms with E-state index in [2.05, 4.69) is 19.1 Å². The largest absolute Gasteiger partial charge is 0.481 e. The van der Waals surface area contributed by atoms with Gasteiger partial charge in [0.25, 0.3) is 0 Å². The van der Waals surface area contributed by atoms with Gasteiger partial charge in [-0.25, -0.2) is 0 Å². The molecule has 2 unspecified atom stereocenters. The number of carbonyl (C=O) groups is 3. The normalized spacial score (nSPS) is 18.5. The summed E-state index contributed by atoms with van der Waals surface area (Å²) in [5, 5.41) is 8.69. The van der Waals surface area contributed by atoms with Crippen LogP contribution in [0.5, 0.6) is 0 Å². The minimum atomic E-state index is -0.747. The Labute approximate surface area is 193 Å². The number of aliphatic carboxylic acids is 1. The Morgan fingerprint density at radius 1 is 0.969 bits per heavy atom. The number of carboxylic acid groups (broad SMARTS) is 1. The van der Waals surface area contributed by atoms with Crippen LogP contribution in [0.25, 0.3) is 0 Å². The van der Waals surface area contributed by atoms with Gasteiger partial charge in [-0.05, 0) is 49.7 Å². The maximum Gasteiger partial charge on any atom is 0.303 e. The third-order valence-corrected chi connectivity index (χ3v) is 6.61. The monoisotopic (exact) mass is 440 g/mol. The van der Waals surface area contributed by atoms with Crippen molar-refractivity contribution in [1.82, 2.24) is 0 Å². The molecule has 176 valence electrons. The lowest BCUT2D eigenvalue weighted by molar-refractivity contribution is -0.137. The fourth-order valence-corrected chi connectivity index (χ4v) is 4.61. The van der Waals surface area contributed by atoms with Crippen molar-refractivity contribution in [1.29, 1.82) is 0 Å². The van der Waals surface area contributed by atoms with Crippen LogP contribution in [0.2, 0.25) is 0 Å². The van der Waals surface area contributed by atoms with E-state index in [4.69, 9.17) is 5.11 Å². The summed E-state index contributed by atoms with van der Waals surface area (Å²) < 4.78 is 0. The smallest absolute Gasteiger partial charge is 0.303 e. The molecule has 0 spiro atoms. The van der Waals surface area contributed by atoms with E-state index in [-0.39, 0.29) is 24.0 Å². The number of allylic oxidation sites excluding steroid dienone is 2. The highest BCUT2D eigenvalue weighted by Crippen LogP contribution is 2.34. The Hall–Kier alpha value is -2.23. The SMILES string of the molecule is CCCCCCCc1ccc(C(=O)/C=C\C2CCC(=O)C2CCCCCCC(=O)O)cc1. The molecule has 4 heteroatoms. The third-order valence-electron chi connectivity index (χ3n) is 6.61. The Morgan fingerprint density at radius 2 is 1.66 bits per heavy atom. The lowest BCUT2D eigenvalue weighted by Crippen LogP contribution is -2.13. The van der Waals surface area contributed by atoms with Crippen molar-refractivity contribution in [3.8, 4) is 0 Å². The summed E-state index contributed by atoms with van der Waals surface area (Å²) in [6, 6.07) is 7.96. The molecule has 32 heavy (non-hydrogen) atoms. The van der Waals surface area contributed by atoms with Crippen molar-refractivity contribution >= 4 is 17.5 Å². The van der Waals surface area contributed by atoms with Crippen molar-refractivity contribution in [2.24, 2.45) is 11.8 Å². The van der Waals surface area contributed by atoms with Gasteiger partial charge in [-0.1, -0.05) is 82.2 Å². The highest BCUT2D eigenvalue weighted by atomic mass is 16.4. The molecule has 1 N–H and O–H groups in total. The van der Waals surface area contributed by atoms with Gasteiger partial charge in [0.15, 0.2) is 5.78 Å². The molecule has 0 aromatic heterocycles. The van der Waals surface area contributed by atoms with E-state index in [9.17, 15) is 14.4 Å². The molecule has 1 saturated carbocycles. The molecule has 1 aromatic carbocycles. The molecule has 4 nitrogen and oxygen atoms in total. The maximum absolute atomic E-state index is 12.6. The molecule has 0 amide bonds. The van der Waals surface area contributed by atoms with Crippen molar-refractivity contribution in [2.75, 3.05) is 0 Å². The zero-order chi connectivity index (χ0) is 23.2. The minimum Gasteiger partial charge on any atom is -0.481 e. The number of rotatable bonds is 16. The average molecular weight is 441 g/mol. The first-order valence-electron chi connectivity index (χ1n) is 12.6. The molecule has 0 heterocycles. The van der Waals surface area contributed by atoms with Crippen LogP contribution >= 0.6 is 0 Å². The summed E-state index contributed by atoms with van der Waals surface area (Å²) >= 11 is 0. The van der Waals surface area contributed by atoms with Gasteiger partial charge in [-0.3, -0.25) is 14.4 Å². The number of carbonyl (C=O) groups excluding carboxylic acids is 2. The number of ketones is 2. The van der Waals surface area contributed by atoms with Gasteiger partial charge in [0.05, 0.1) is 0 Å². The Kier molecular flexibility index (Phi) is 12.0. The summed E-state index contributed by atoms with van der Waals surface area (Å²) in [5.41, 5.74) is 1.99. The predicted molar refractivity (Wildman–Crippen MR) is 129 cm³/mol. The fraction of sp³-hybridized carbons (Fsp3) is 0.607. The van der Waals surface area contributed by atoms with Gasteiger partial charge in [-0.2, -0.15) is 0 Å². The molecule has 1 fully saturated rings. The minimum absolute atomic E-state index is 0.00580. The number of hydrogen-bond acceptors (Lipinski definition) is 3. The van der Waals surface area contributed by atoms with E-state index in [0.717, 1.165) is 38.5 Å². The van der Waals surface area contributed by atoms with Crippen LogP contribution in [-0.4, -0.2) is 22.6 Å². The van der Waals surface area contributed by atoms with E-state index >= 15 is 0 Å². The summed E-state index contributed by atoms with van der Waals surface area (Å²) in [6.45, 7) is 2.22. The van der Waals surface area contributed by atoms with Gasteiger partial charge in [0.1, 0.15) is 5.78 Å². The second-order valence-corrected chi connectivity index (χ2v) is 9.21. The molecular formula is C28H40O4. The van der Waals surface area contributed by atoms with Crippen LogP contribution in [0.15, 0.2) is 36.4 Å². The number of aryl methyl sites for hydroxylation is 1. The van der Waals surface area contributed by atoms with Crippen LogP contribution in [-0.2, 0) is 16.0 Å². The highest BCUT2D eigenvalue weighted by Gasteiger charge is 2.32. The molecular weight excluding hydrogens is 400 g/mol. The number of hydrogen-bond donors (Lipinski definition) is 1. The highest BCUT2D eigenvalue weighted by molar-refractivity contribution is 6.04. The second-order valence-electron chi connectivity index (χ2n) is 9.21. The average Bonchev–Trinajstić information content (AvgIpc) is 3.14. The van der Waals surface area contributed by atoms with Gasteiger partial charge in [-0.15, -0.1) is 0 Å². The number of Topliss-reactive ketones (excluding diaryl/α,β-unsaturated/α-hetero) is 1. The van der Waals surface area contributed by atoms with E-state index < -0.39 is 5.97 Å². The van der Waals surface area contributed by atoms with Crippen molar-refractivity contribution in [3.63, 3.8) is 0 Å². The summed E-state index contributed by atoms with van der Waals surface area (Å²) in [5.74, 6) is -0.281. The topological polar surface area (TPSA) is 71.4 Å². The number of benzene rings is 1. The Balaban J connectivity index is 1.77.